The van der Waals surface area contributed by atoms with Gasteiger partial charge in [-0.3, -0.25) is 0 Å². The van der Waals surface area contributed by atoms with E-state index in [1.165, 1.54) is 38.0 Å². The summed E-state index contributed by atoms with van der Waals surface area (Å²) in [7, 11) is -1.69. The minimum atomic E-state index is -4.62. The molecule has 2 atom stereocenters. The van der Waals surface area contributed by atoms with Crippen molar-refractivity contribution in [2.24, 2.45) is 11.3 Å². The number of methoxy groups -OCH3 is 2. The maximum atomic E-state index is 16.2. The predicted molar refractivity (Wildman–Crippen MR) is 192 cm³/mol. The van der Waals surface area contributed by atoms with E-state index in [1.54, 1.807) is 36.7 Å². The monoisotopic (exact) mass is 765 g/mol. The number of benzene rings is 2. The molecular formula is C32H40FN7O8S3. The number of amides is 2. The molecule has 2 heterocycles. The Morgan fingerprint density at radius 2 is 1.86 bits per heavy atom. The molecule has 4 aromatic rings. The van der Waals surface area contributed by atoms with Gasteiger partial charge in [0, 0.05) is 65.1 Å². The largest absolute Gasteiger partial charge is 0.497 e. The van der Waals surface area contributed by atoms with Gasteiger partial charge < -0.3 is 35.6 Å². The first-order valence-corrected chi connectivity index (χ1v) is 18.7. The molecule has 15 nitrogen and oxygen atoms in total. The van der Waals surface area contributed by atoms with E-state index in [0.29, 0.717) is 40.5 Å². The molecule has 2 aromatic carbocycles. The molecule has 51 heavy (non-hydrogen) atoms. The molecule has 0 radical (unpaired) electrons. The van der Waals surface area contributed by atoms with Gasteiger partial charge in [0.15, 0.2) is 0 Å². The van der Waals surface area contributed by atoms with E-state index in [1.807, 2.05) is 13.8 Å². The summed E-state index contributed by atoms with van der Waals surface area (Å²) in [5, 5.41) is 28.6. The molecule has 19 heteroatoms. The normalized spacial score (nSPS) is 12.8. The van der Waals surface area contributed by atoms with E-state index in [4.69, 9.17) is 14.6 Å². The highest BCUT2D eigenvalue weighted by atomic mass is 32.2. The highest BCUT2D eigenvalue weighted by molar-refractivity contribution is 7.93. The fraction of sp³-hybridized carbons (Fsp3) is 0.406. The maximum absolute atomic E-state index is 16.2. The first kappa shape index (κ1) is 39.0. The van der Waals surface area contributed by atoms with Crippen molar-refractivity contribution >= 4 is 55.9 Å². The Morgan fingerprint density at radius 1 is 1.10 bits per heavy atom. The van der Waals surface area contributed by atoms with Crippen LogP contribution < -0.4 is 29.7 Å². The summed E-state index contributed by atoms with van der Waals surface area (Å²) < 4.78 is 60.6. The second kappa shape index (κ2) is 17.0. The van der Waals surface area contributed by atoms with Gasteiger partial charge in [-0.1, -0.05) is 13.8 Å². The van der Waals surface area contributed by atoms with Crippen molar-refractivity contribution in [3.8, 4) is 22.1 Å². The summed E-state index contributed by atoms with van der Waals surface area (Å²) in [5.41, 5.74) is 0.615. The van der Waals surface area contributed by atoms with E-state index in [-0.39, 0.29) is 36.4 Å². The van der Waals surface area contributed by atoms with E-state index in [9.17, 15) is 23.1 Å². The van der Waals surface area contributed by atoms with Gasteiger partial charge in [0.25, 0.3) is 10.0 Å². The fourth-order valence-electron chi connectivity index (χ4n) is 5.52. The molecule has 0 saturated carbocycles. The molecular weight excluding hydrogens is 726 g/mol. The number of rotatable bonds is 18. The predicted octanol–water partition coefficient (Wildman–Crippen LogP) is 5.97. The first-order chi connectivity index (χ1) is 24.1. The molecule has 0 bridgehead atoms. The van der Waals surface area contributed by atoms with Crippen LogP contribution in [0.4, 0.5) is 24.8 Å². The van der Waals surface area contributed by atoms with Gasteiger partial charge in [0.05, 0.1) is 20.8 Å². The van der Waals surface area contributed by atoms with Gasteiger partial charge >= 0.3 is 12.2 Å². The first-order valence-electron chi connectivity index (χ1n) is 15.6. The van der Waals surface area contributed by atoms with Crippen LogP contribution in [0.2, 0.25) is 0 Å². The third-order valence-corrected chi connectivity index (χ3v) is 11.5. The van der Waals surface area contributed by atoms with Crippen LogP contribution in [-0.2, 0) is 16.6 Å². The molecule has 0 fully saturated rings. The van der Waals surface area contributed by atoms with Crippen molar-refractivity contribution < 1.29 is 42.1 Å². The molecule has 0 spiro atoms. The number of carbonyl (C=O) groups is 2. The Morgan fingerprint density at radius 3 is 2.47 bits per heavy atom. The highest BCUT2D eigenvalue weighted by Gasteiger charge is 2.33. The maximum Gasteiger partial charge on any atom is 0.404 e. The number of anilines is 2. The topological polar surface area (TPSA) is 205 Å². The molecule has 0 unspecified atom stereocenters. The molecule has 0 aliphatic carbocycles. The Balaban J connectivity index is 1.72. The second-order valence-electron chi connectivity index (χ2n) is 12.3. The van der Waals surface area contributed by atoms with E-state index in [0.717, 1.165) is 21.9 Å². The molecule has 0 saturated heterocycles. The Kier molecular flexibility index (Phi) is 13.0. The number of thiazole rings is 1. The van der Waals surface area contributed by atoms with Crippen LogP contribution in [-0.4, -0.2) is 78.5 Å². The number of hydrogen-bond acceptors (Lipinski definition) is 12. The third kappa shape index (κ3) is 10.2. The third-order valence-electron chi connectivity index (χ3n) is 8.18. The van der Waals surface area contributed by atoms with Crippen LogP contribution in [0.1, 0.15) is 39.2 Å². The number of halogens is 1. The minimum Gasteiger partial charge on any atom is -0.497 e. The zero-order valence-electron chi connectivity index (χ0n) is 28.5. The van der Waals surface area contributed by atoms with E-state index >= 15 is 4.39 Å². The van der Waals surface area contributed by atoms with Crippen LogP contribution in [0.5, 0.6) is 11.5 Å². The van der Waals surface area contributed by atoms with Crippen molar-refractivity contribution in [2.45, 2.75) is 51.1 Å². The van der Waals surface area contributed by atoms with Crippen LogP contribution in [0.3, 0.4) is 0 Å². The van der Waals surface area contributed by atoms with Crippen molar-refractivity contribution in [1.82, 2.24) is 25.0 Å². The number of aromatic nitrogens is 3. The molecule has 2 aromatic heterocycles. The Labute approximate surface area is 303 Å². The quantitative estimate of drug-likeness (QED) is 0.0795. The lowest BCUT2D eigenvalue weighted by Crippen LogP contribution is -2.42. The standard InChI is InChI=1S/C32H40FN7O8S3/c1-19(39-31(43)44)21(15-32(2,3)8-9-35-30(41)42)16-36-25-14-24(33)27(13-23(25)28-34-10-11-49-28)51(45,46)40(29-37-18-38-50-29)17-20-6-7-22(47-4)12-26(20)48-5/h6-7,10-14,18-19,21,35-36,39H,8-9,15-17H2,1-5H3,(H,41,42)(H,43,44)/t19-,21+/m1/s1. The van der Waals surface area contributed by atoms with Gasteiger partial charge in [0.2, 0.25) is 5.13 Å². The molecule has 0 aliphatic rings. The van der Waals surface area contributed by atoms with Gasteiger partial charge in [-0.15, -0.1) is 11.3 Å². The SMILES string of the molecule is COc1ccc(CN(c2ncns2)S(=O)(=O)c2cc(-c3nccs3)c(NC[C@H](CC(C)(C)CCNC(=O)O)[C@@H](C)NC(=O)O)cc2F)c(OC)c1. The average Bonchev–Trinajstić information content (AvgIpc) is 3.80. The number of ether oxygens (including phenoxy) is 2. The number of hydrogen-bond donors (Lipinski definition) is 5. The van der Waals surface area contributed by atoms with Gasteiger partial charge in [-0.25, -0.2) is 36.7 Å². The van der Waals surface area contributed by atoms with Crippen LogP contribution >= 0.6 is 22.9 Å². The highest BCUT2D eigenvalue weighted by Crippen LogP contribution is 2.38. The number of nitrogens with one attached hydrogen (secondary N) is 3. The molecule has 276 valence electrons. The Hall–Kier alpha value is -4.75. The average molecular weight is 766 g/mol. The summed E-state index contributed by atoms with van der Waals surface area (Å²) in [6, 6.07) is 6.66. The summed E-state index contributed by atoms with van der Waals surface area (Å²) in [4.78, 5) is 30.4. The van der Waals surface area contributed by atoms with Crippen LogP contribution in [0.15, 0.2) is 53.1 Å². The van der Waals surface area contributed by atoms with E-state index in [2.05, 4.69) is 30.3 Å². The molecule has 4 rings (SSSR count). The van der Waals surface area contributed by atoms with Gasteiger partial charge in [-0.05, 0) is 55.4 Å². The molecule has 2 amide bonds. The smallest absolute Gasteiger partial charge is 0.404 e. The van der Waals surface area contributed by atoms with Crippen molar-refractivity contribution in [3.05, 3.63) is 59.6 Å². The van der Waals surface area contributed by atoms with E-state index < -0.39 is 44.4 Å². The minimum absolute atomic E-state index is 0.00852. The second-order valence-corrected chi connectivity index (χ2v) is 15.8. The number of carboxylic acid groups (broad SMARTS) is 2. The van der Waals surface area contributed by atoms with Gasteiger partial charge in [-0.2, -0.15) is 4.37 Å². The van der Waals surface area contributed by atoms with Crippen LogP contribution in [0, 0.1) is 17.2 Å². The van der Waals surface area contributed by atoms with Gasteiger partial charge in [0.1, 0.15) is 33.5 Å². The summed E-state index contributed by atoms with van der Waals surface area (Å²) in [6.45, 7) is 5.72. The van der Waals surface area contributed by atoms with Crippen molar-refractivity contribution in [3.63, 3.8) is 0 Å². The van der Waals surface area contributed by atoms with Crippen molar-refractivity contribution in [1.29, 1.82) is 0 Å². The summed E-state index contributed by atoms with van der Waals surface area (Å²) in [5.74, 6) is -0.534. The van der Waals surface area contributed by atoms with Crippen molar-refractivity contribution in [2.75, 3.05) is 36.9 Å². The zero-order valence-corrected chi connectivity index (χ0v) is 31.0. The lowest BCUT2D eigenvalue weighted by atomic mass is 9.77. The zero-order chi connectivity index (χ0) is 37.3. The molecule has 5 N–H and O–H groups in total. The summed E-state index contributed by atoms with van der Waals surface area (Å²) in [6.07, 6.45) is 1.34. The Bertz CT molecular complexity index is 1890. The lowest BCUT2D eigenvalue weighted by molar-refractivity contribution is 0.173. The number of sulfonamides is 1. The number of nitrogens with zero attached hydrogens (tertiary/aromatic N) is 4. The van der Waals surface area contributed by atoms with Crippen LogP contribution in [0.25, 0.3) is 10.6 Å². The summed E-state index contributed by atoms with van der Waals surface area (Å²) >= 11 is 2.05. The lowest BCUT2D eigenvalue weighted by Gasteiger charge is -2.33. The molecule has 0 aliphatic heterocycles. The fourth-order valence-corrected chi connectivity index (χ4v) is 8.39.